The van der Waals surface area contributed by atoms with Crippen molar-refractivity contribution >= 4 is 34.3 Å². The van der Waals surface area contributed by atoms with Gasteiger partial charge in [0, 0.05) is 50.1 Å². The zero-order chi connectivity index (χ0) is 30.7. The van der Waals surface area contributed by atoms with Crippen molar-refractivity contribution in [3.8, 4) is 0 Å². The number of hydrogen-bond donors (Lipinski definition) is 2. The van der Waals surface area contributed by atoms with Gasteiger partial charge in [0.05, 0.1) is 20.2 Å². The monoisotopic (exact) mass is 588 g/mol. The average Bonchev–Trinajstić information content (AvgIpc) is 2.98. The molecule has 1 aliphatic heterocycles. The van der Waals surface area contributed by atoms with E-state index in [0.717, 1.165) is 23.0 Å². The maximum Gasteiger partial charge on any atom is 0.454 e. The molecular weight excluding hydrogens is 553 g/mol. The lowest BCUT2D eigenvalue weighted by Crippen LogP contribution is -2.47. The minimum absolute atomic E-state index is 0.0357. The number of carbonyl (C=O) groups is 4. The van der Waals surface area contributed by atoms with Crippen LogP contribution in [0.25, 0.3) is 10.8 Å². The van der Waals surface area contributed by atoms with Crippen LogP contribution in [-0.2, 0) is 23.9 Å². The van der Waals surface area contributed by atoms with Crippen LogP contribution in [0.15, 0.2) is 66.9 Å². The highest BCUT2D eigenvalue weighted by molar-refractivity contribution is 5.94. The summed E-state index contributed by atoms with van der Waals surface area (Å²) in [4.78, 5) is 50.9. The fourth-order valence-electron chi connectivity index (χ4n) is 4.84. The predicted molar refractivity (Wildman–Crippen MR) is 151 cm³/mol. The highest BCUT2D eigenvalue weighted by Gasteiger charge is 2.36. The third kappa shape index (κ3) is 9.44. The van der Waals surface area contributed by atoms with E-state index in [4.69, 9.17) is 0 Å². The number of ketones is 1. The molecule has 2 N–H and O–H groups in total. The summed E-state index contributed by atoms with van der Waals surface area (Å²) in [6.45, 7) is 2.72. The lowest BCUT2D eigenvalue weighted by molar-refractivity contribution is -0.165. The first-order valence-corrected chi connectivity index (χ1v) is 13.5. The van der Waals surface area contributed by atoms with Crippen molar-refractivity contribution in [1.82, 2.24) is 20.4 Å². The second kappa shape index (κ2) is 15.2. The minimum Gasteiger partial charge on any atom is -0.466 e. The molecule has 1 heterocycles. The van der Waals surface area contributed by atoms with Gasteiger partial charge < -0.3 is 20.3 Å². The van der Waals surface area contributed by atoms with Gasteiger partial charge in [-0.05, 0) is 36.1 Å². The Bertz CT molecular complexity index is 1310. The number of alkyl halides is 3. The van der Waals surface area contributed by atoms with E-state index in [9.17, 15) is 32.3 Å². The van der Waals surface area contributed by atoms with E-state index >= 15 is 0 Å². The van der Waals surface area contributed by atoms with Gasteiger partial charge in [0.15, 0.2) is 0 Å². The molecule has 1 saturated heterocycles. The standard InChI is InChI=1S/C30H35F3N4O5/c1-21(24-10-5-8-22-7-3-4-9-25(22)24)36-16-12-23(13-17-36)37(18-14-26(38)30(31,32)33)20-28(40)35-19-27(39)34-15-6-11-29(41)42-2/h3-11,14,18,21,23H,12-13,15-17,19-20H2,1-2H3,(H,34,39)(H,35,40)/b11-6+,18-14+. The number of methoxy groups -OCH3 is 1. The van der Waals surface area contributed by atoms with Crippen molar-refractivity contribution < 1.29 is 37.1 Å². The van der Waals surface area contributed by atoms with Gasteiger partial charge in [0.1, 0.15) is 0 Å². The number of halogens is 3. The average molecular weight is 589 g/mol. The summed E-state index contributed by atoms with van der Waals surface area (Å²) in [6.07, 6.45) is 0.0465. The largest absolute Gasteiger partial charge is 0.466 e. The number of fused-ring (bicyclic) bond motifs is 1. The van der Waals surface area contributed by atoms with Gasteiger partial charge in [-0.1, -0.05) is 48.5 Å². The Labute approximate surface area is 242 Å². The molecule has 3 rings (SSSR count). The van der Waals surface area contributed by atoms with Crippen LogP contribution in [0.2, 0.25) is 0 Å². The van der Waals surface area contributed by atoms with E-state index in [-0.39, 0.29) is 31.7 Å². The molecule has 0 saturated carbocycles. The molecular formula is C30H35F3N4O5. The Kier molecular flexibility index (Phi) is 11.7. The lowest BCUT2D eigenvalue weighted by Gasteiger charge is -2.40. The molecule has 42 heavy (non-hydrogen) atoms. The Morgan fingerprint density at radius 1 is 1.02 bits per heavy atom. The Morgan fingerprint density at radius 3 is 2.40 bits per heavy atom. The first-order valence-electron chi connectivity index (χ1n) is 13.5. The van der Waals surface area contributed by atoms with Crippen LogP contribution >= 0.6 is 0 Å². The molecule has 0 radical (unpaired) electrons. The topological polar surface area (TPSA) is 108 Å². The number of amides is 2. The van der Waals surface area contributed by atoms with Gasteiger partial charge in [-0.2, -0.15) is 13.2 Å². The summed E-state index contributed by atoms with van der Waals surface area (Å²) in [5, 5.41) is 7.21. The van der Waals surface area contributed by atoms with Crippen molar-refractivity contribution in [1.29, 1.82) is 0 Å². The number of allylic oxidation sites excluding steroid dienone is 1. The van der Waals surface area contributed by atoms with E-state index in [1.54, 1.807) is 0 Å². The smallest absolute Gasteiger partial charge is 0.454 e. The zero-order valence-corrected chi connectivity index (χ0v) is 23.5. The number of hydrogen-bond acceptors (Lipinski definition) is 7. The van der Waals surface area contributed by atoms with Gasteiger partial charge in [-0.15, -0.1) is 0 Å². The fourth-order valence-corrected chi connectivity index (χ4v) is 4.84. The van der Waals surface area contributed by atoms with Crippen LogP contribution in [0.5, 0.6) is 0 Å². The van der Waals surface area contributed by atoms with E-state index in [1.165, 1.54) is 23.6 Å². The molecule has 2 aromatic carbocycles. The van der Waals surface area contributed by atoms with E-state index in [1.807, 2.05) is 18.2 Å². The maximum absolute atomic E-state index is 12.8. The highest BCUT2D eigenvalue weighted by Crippen LogP contribution is 2.31. The molecule has 2 aromatic rings. The number of carbonyl (C=O) groups excluding carboxylic acids is 4. The molecule has 0 spiro atoms. The third-order valence-corrected chi connectivity index (χ3v) is 7.13. The highest BCUT2D eigenvalue weighted by atomic mass is 19.4. The number of ether oxygens (including phenoxy) is 1. The van der Waals surface area contributed by atoms with E-state index in [2.05, 4.69) is 51.5 Å². The molecule has 12 heteroatoms. The van der Waals surface area contributed by atoms with Gasteiger partial charge in [-0.25, -0.2) is 4.79 Å². The molecule has 9 nitrogen and oxygen atoms in total. The molecule has 1 aliphatic rings. The second-order valence-corrected chi connectivity index (χ2v) is 9.87. The van der Waals surface area contributed by atoms with Crippen molar-refractivity contribution in [2.75, 3.05) is 39.8 Å². The molecule has 0 aliphatic carbocycles. The summed E-state index contributed by atoms with van der Waals surface area (Å²) in [5.74, 6) is -3.72. The second-order valence-electron chi connectivity index (χ2n) is 9.87. The number of nitrogens with one attached hydrogen (secondary N) is 2. The van der Waals surface area contributed by atoms with Crippen molar-refractivity contribution in [3.63, 3.8) is 0 Å². The van der Waals surface area contributed by atoms with Gasteiger partial charge >= 0.3 is 12.1 Å². The number of nitrogens with zero attached hydrogens (tertiary/aromatic N) is 2. The number of likely N-dealkylation sites (tertiary alicyclic amines) is 1. The fraction of sp³-hybridized carbons (Fsp3) is 0.400. The van der Waals surface area contributed by atoms with Crippen LogP contribution in [0.1, 0.15) is 31.4 Å². The quantitative estimate of drug-likeness (QED) is 0.290. The van der Waals surface area contributed by atoms with Crippen molar-refractivity contribution in [2.45, 2.75) is 38.0 Å². The first kappa shape index (κ1) is 32.3. The van der Waals surface area contributed by atoms with Crippen LogP contribution in [0.4, 0.5) is 13.2 Å². The van der Waals surface area contributed by atoms with Crippen LogP contribution in [0.3, 0.4) is 0 Å². The Morgan fingerprint density at radius 2 is 1.71 bits per heavy atom. The van der Waals surface area contributed by atoms with E-state index in [0.29, 0.717) is 32.0 Å². The summed E-state index contributed by atoms with van der Waals surface area (Å²) in [7, 11) is 1.22. The molecule has 0 aromatic heterocycles. The normalized spacial score (nSPS) is 15.5. The van der Waals surface area contributed by atoms with Gasteiger partial charge in [0.2, 0.25) is 11.8 Å². The molecule has 0 bridgehead atoms. The van der Waals surface area contributed by atoms with Gasteiger partial charge in [-0.3, -0.25) is 19.3 Å². The molecule has 2 amide bonds. The van der Waals surface area contributed by atoms with Crippen molar-refractivity contribution in [2.24, 2.45) is 0 Å². The van der Waals surface area contributed by atoms with Crippen LogP contribution < -0.4 is 10.6 Å². The van der Waals surface area contributed by atoms with Crippen LogP contribution in [-0.4, -0.2) is 85.4 Å². The predicted octanol–water partition coefficient (Wildman–Crippen LogP) is 3.27. The zero-order valence-electron chi connectivity index (χ0n) is 23.5. The summed E-state index contributed by atoms with van der Waals surface area (Å²) < 4.78 is 43.0. The van der Waals surface area contributed by atoms with Gasteiger partial charge in [0.25, 0.3) is 5.78 Å². The number of esters is 1. The number of piperidine rings is 1. The first-order chi connectivity index (χ1) is 20.0. The van der Waals surface area contributed by atoms with E-state index < -0.39 is 29.7 Å². The lowest BCUT2D eigenvalue weighted by atomic mass is 9.95. The summed E-state index contributed by atoms with van der Waals surface area (Å²) in [5.41, 5.74) is 1.18. The minimum atomic E-state index is -5.03. The number of rotatable bonds is 12. The summed E-state index contributed by atoms with van der Waals surface area (Å²) in [6, 6.07) is 14.1. The number of benzene rings is 2. The molecule has 1 atom stereocenters. The molecule has 1 unspecified atom stereocenters. The van der Waals surface area contributed by atoms with Crippen molar-refractivity contribution in [3.05, 3.63) is 72.5 Å². The molecule has 226 valence electrons. The summed E-state index contributed by atoms with van der Waals surface area (Å²) >= 11 is 0. The SMILES string of the molecule is COC(=O)/C=C/CNC(=O)CNC(=O)CN(/C=C/C(=O)C(F)(F)F)C1CCN(C(C)c2cccc3ccccc23)CC1. The Hall–Kier alpha value is -4.19. The third-order valence-electron chi connectivity index (χ3n) is 7.13. The maximum atomic E-state index is 12.8. The Balaban J connectivity index is 1.61. The van der Waals surface area contributed by atoms with Crippen LogP contribution in [0, 0.1) is 0 Å². The molecule has 1 fully saturated rings.